The van der Waals surface area contributed by atoms with Crippen molar-refractivity contribution in [2.24, 2.45) is 5.84 Å². The van der Waals surface area contributed by atoms with Gasteiger partial charge in [0.2, 0.25) is 0 Å². The van der Waals surface area contributed by atoms with Crippen molar-refractivity contribution in [3.05, 3.63) is 18.2 Å². The summed E-state index contributed by atoms with van der Waals surface area (Å²) in [6.45, 7) is 0. The van der Waals surface area contributed by atoms with Crippen LogP contribution in [0.4, 0.5) is 0 Å². The number of rotatable bonds is 4. The lowest BCUT2D eigenvalue weighted by Gasteiger charge is -2.08. The minimum absolute atomic E-state index is 0.297. The van der Waals surface area contributed by atoms with E-state index in [4.69, 9.17) is 10.9 Å². The van der Waals surface area contributed by atoms with E-state index in [0.29, 0.717) is 6.42 Å². The summed E-state index contributed by atoms with van der Waals surface area (Å²) in [6, 6.07) is -0.773. The van der Waals surface area contributed by atoms with Gasteiger partial charge in [-0.2, -0.15) is 0 Å². The van der Waals surface area contributed by atoms with Crippen LogP contribution in [0, 0.1) is 0 Å². The lowest BCUT2D eigenvalue weighted by Crippen LogP contribution is -2.42. The number of aromatic amines is 1. The number of nitrogens with two attached hydrogens (primary N) is 1. The number of nitrogens with zero attached hydrogens (tertiary/aromatic N) is 1. The normalized spacial score (nSPS) is 12.8. The highest BCUT2D eigenvalue weighted by Gasteiger charge is 2.15. The molecule has 0 saturated heterocycles. The molecule has 0 spiro atoms. The van der Waals surface area contributed by atoms with Crippen LogP contribution in [0.1, 0.15) is 5.69 Å². The number of hydrazine groups is 1. The average molecular weight is 170 g/mol. The van der Waals surface area contributed by atoms with Gasteiger partial charge in [0.25, 0.3) is 0 Å². The molecule has 0 saturated carbocycles. The standard InChI is InChI=1S/C6H10N4O2/c7-10-5(6(11)12)1-4-2-8-3-9-4/h2-3,5,10H,1,7H2,(H,8,9)(H,11,12)/t5-/m1/s1. The van der Waals surface area contributed by atoms with Crippen molar-refractivity contribution in [3.8, 4) is 0 Å². The Kier molecular flexibility index (Phi) is 2.78. The Labute approximate surface area is 68.8 Å². The maximum absolute atomic E-state index is 10.5. The molecule has 0 amide bonds. The summed E-state index contributed by atoms with van der Waals surface area (Å²) in [5.41, 5.74) is 2.93. The average Bonchev–Trinajstić information content (AvgIpc) is 2.51. The zero-order chi connectivity index (χ0) is 8.97. The molecule has 0 radical (unpaired) electrons. The summed E-state index contributed by atoms with van der Waals surface area (Å²) in [5.74, 6) is 4.05. The van der Waals surface area contributed by atoms with Gasteiger partial charge in [-0.15, -0.1) is 0 Å². The Balaban J connectivity index is 2.54. The molecule has 1 heterocycles. The first-order valence-electron chi connectivity index (χ1n) is 3.40. The van der Waals surface area contributed by atoms with Gasteiger partial charge in [-0.25, -0.2) is 10.4 Å². The van der Waals surface area contributed by atoms with E-state index in [0.717, 1.165) is 5.69 Å². The van der Waals surface area contributed by atoms with Gasteiger partial charge in [-0.1, -0.05) is 0 Å². The number of aromatic nitrogens is 2. The maximum atomic E-state index is 10.5. The largest absolute Gasteiger partial charge is 0.480 e. The van der Waals surface area contributed by atoms with E-state index in [-0.39, 0.29) is 0 Å². The van der Waals surface area contributed by atoms with E-state index in [1.54, 1.807) is 6.20 Å². The third-order valence-corrected chi connectivity index (χ3v) is 1.48. The molecule has 1 aromatic heterocycles. The topological polar surface area (TPSA) is 104 Å². The summed E-state index contributed by atoms with van der Waals surface area (Å²) in [4.78, 5) is 17.0. The molecule has 12 heavy (non-hydrogen) atoms. The van der Waals surface area contributed by atoms with Crippen LogP contribution in [0.25, 0.3) is 0 Å². The Morgan fingerprint density at radius 1 is 1.92 bits per heavy atom. The molecule has 1 aromatic rings. The van der Waals surface area contributed by atoms with Crippen molar-refractivity contribution < 1.29 is 9.90 Å². The lowest BCUT2D eigenvalue weighted by atomic mass is 10.2. The van der Waals surface area contributed by atoms with Crippen LogP contribution in [0.2, 0.25) is 0 Å². The molecule has 0 fully saturated rings. The molecule has 0 aliphatic heterocycles. The van der Waals surface area contributed by atoms with Crippen molar-refractivity contribution in [1.82, 2.24) is 15.4 Å². The highest BCUT2D eigenvalue weighted by Crippen LogP contribution is 1.96. The Bertz CT molecular complexity index is 246. The second-order valence-corrected chi connectivity index (χ2v) is 2.34. The molecule has 0 aliphatic rings. The molecular weight excluding hydrogens is 160 g/mol. The molecule has 0 aromatic carbocycles. The number of carboxylic acid groups (broad SMARTS) is 1. The second kappa shape index (κ2) is 3.84. The van der Waals surface area contributed by atoms with Crippen molar-refractivity contribution in [1.29, 1.82) is 0 Å². The van der Waals surface area contributed by atoms with Crippen LogP contribution in [-0.4, -0.2) is 27.1 Å². The number of nitrogens with one attached hydrogen (secondary N) is 2. The number of carboxylic acids is 1. The number of aliphatic carboxylic acids is 1. The van der Waals surface area contributed by atoms with Crippen LogP contribution in [-0.2, 0) is 11.2 Å². The third kappa shape index (κ3) is 2.04. The van der Waals surface area contributed by atoms with Gasteiger partial charge in [-0.3, -0.25) is 10.6 Å². The second-order valence-electron chi connectivity index (χ2n) is 2.34. The van der Waals surface area contributed by atoms with Gasteiger partial charge in [0.15, 0.2) is 0 Å². The highest BCUT2D eigenvalue weighted by atomic mass is 16.4. The van der Waals surface area contributed by atoms with Gasteiger partial charge in [-0.05, 0) is 0 Å². The molecule has 6 nitrogen and oxygen atoms in total. The number of hydrogen-bond acceptors (Lipinski definition) is 4. The smallest absolute Gasteiger partial charge is 0.322 e. The van der Waals surface area contributed by atoms with Crippen LogP contribution < -0.4 is 11.3 Å². The van der Waals surface area contributed by atoms with E-state index in [2.05, 4.69) is 15.4 Å². The first-order valence-corrected chi connectivity index (χ1v) is 3.40. The molecule has 0 unspecified atom stereocenters. The quantitative estimate of drug-likeness (QED) is 0.338. The number of carbonyl (C=O) groups is 1. The van der Waals surface area contributed by atoms with Crippen LogP contribution >= 0.6 is 0 Å². The van der Waals surface area contributed by atoms with Gasteiger partial charge in [0, 0.05) is 18.3 Å². The van der Waals surface area contributed by atoms with Gasteiger partial charge < -0.3 is 10.1 Å². The van der Waals surface area contributed by atoms with E-state index >= 15 is 0 Å². The van der Waals surface area contributed by atoms with Gasteiger partial charge >= 0.3 is 5.97 Å². The molecule has 66 valence electrons. The minimum Gasteiger partial charge on any atom is -0.480 e. The maximum Gasteiger partial charge on any atom is 0.322 e. The minimum atomic E-state index is -0.980. The van der Waals surface area contributed by atoms with E-state index in [1.807, 2.05) is 0 Å². The Morgan fingerprint density at radius 3 is 3.08 bits per heavy atom. The fraction of sp³-hybridized carbons (Fsp3) is 0.333. The summed E-state index contributed by atoms with van der Waals surface area (Å²) < 4.78 is 0. The van der Waals surface area contributed by atoms with E-state index < -0.39 is 12.0 Å². The summed E-state index contributed by atoms with van der Waals surface area (Å²) in [5, 5.41) is 8.60. The van der Waals surface area contributed by atoms with Gasteiger partial charge in [0.1, 0.15) is 6.04 Å². The van der Waals surface area contributed by atoms with Crippen molar-refractivity contribution in [2.75, 3.05) is 0 Å². The molecule has 1 atom stereocenters. The number of imidazole rings is 1. The zero-order valence-corrected chi connectivity index (χ0v) is 6.32. The predicted molar refractivity (Wildman–Crippen MR) is 41.0 cm³/mol. The molecule has 5 N–H and O–H groups in total. The van der Waals surface area contributed by atoms with E-state index in [9.17, 15) is 4.79 Å². The number of H-pyrrole nitrogens is 1. The Morgan fingerprint density at radius 2 is 2.67 bits per heavy atom. The molecule has 1 rings (SSSR count). The Hall–Kier alpha value is -1.40. The van der Waals surface area contributed by atoms with Crippen LogP contribution in [0.3, 0.4) is 0 Å². The van der Waals surface area contributed by atoms with Gasteiger partial charge in [0.05, 0.1) is 6.33 Å². The molecule has 0 bridgehead atoms. The zero-order valence-electron chi connectivity index (χ0n) is 6.32. The summed E-state index contributed by atoms with van der Waals surface area (Å²) in [6.07, 6.45) is 3.35. The summed E-state index contributed by atoms with van der Waals surface area (Å²) in [7, 11) is 0. The lowest BCUT2D eigenvalue weighted by molar-refractivity contribution is -0.139. The highest BCUT2D eigenvalue weighted by molar-refractivity contribution is 5.73. The third-order valence-electron chi connectivity index (χ3n) is 1.48. The van der Waals surface area contributed by atoms with Crippen molar-refractivity contribution in [3.63, 3.8) is 0 Å². The number of hydrogen-bond donors (Lipinski definition) is 4. The fourth-order valence-electron chi connectivity index (χ4n) is 0.834. The summed E-state index contributed by atoms with van der Waals surface area (Å²) >= 11 is 0. The molecular formula is C6H10N4O2. The monoisotopic (exact) mass is 170 g/mol. The van der Waals surface area contributed by atoms with Crippen LogP contribution in [0.5, 0.6) is 0 Å². The van der Waals surface area contributed by atoms with Crippen molar-refractivity contribution >= 4 is 5.97 Å². The van der Waals surface area contributed by atoms with Crippen molar-refractivity contribution in [2.45, 2.75) is 12.5 Å². The van der Waals surface area contributed by atoms with E-state index in [1.165, 1.54) is 6.33 Å². The first-order chi connectivity index (χ1) is 5.74. The molecule has 0 aliphatic carbocycles. The fourth-order valence-corrected chi connectivity index (χ4v) is 0.834. The van der Waals surface area contributed by atoms with Crippen LogP contribution in [0.15, 0.2) is 12.5 Å². The molecule has 6 heteroatoms. The predicted octanol–water partition coefficient (Wildman–Crippen LogP) is -1.13. The first kappa shape index (κ1) is 8.69. The SMILES string of the molecule is NN[C@H](Cc1cnc[nH]1)C(=O)O.